The predicted octanol–water partition coefficient (Wildman–Crippen LogP) is 0.904. The van der Waals surface area contributed by atoms with Crippen LogP contribution in [0.25, 0.3) is 11.1 Å². The molecule has 1 N–H and O–H groups in total. The Bertz CT molecular complexity index is 468. The average molecular weight is 172 g/mol. The Morgan fingerprint density at radius 2 is 1.85 bits per heavy atom. The van der Waals surface area contributed by atoms with Gasteiger partial charge in [0.05, 0.1) is 11.8 Å². The minimum atomic E-state index is -0.00583. The molecule has 1 aliphatic carbocycles. The third-order valence-corrected chi connectivity index (χ3v) is 1.94. The van der Waals surface area contributed by atoms with Gasteiger partial charge in [0.2, 0.25) is 0 Å². The monoisotopic (exact) mass is 172 g/mol. The highest BCUT2D eigenvalue weighted by atomic mass is 16.5. The van der Waals surface area contributed by atoms with Crippen LogP contribution in [0.2, 0.25) is 0 Å². The molecule has 2 aliphatic rings. The SMILES string of the molecule is N=c1c2cccccc-2cc[n+]1[O-]. The van der Waals surface area contributed by atoms with E-state index >= 15 is 0 Å². The van der Waals surface area contributed by atoms with Crippen molar-refractivity contribution < 1.29 is 4.73 Å². The van der Waals surface area contributed by atoms with Gasteiger partial charge >= 0.3 is 5.49 Å². The van der Waals surface area contributed by atoms with Gasteiger partial charge in [0.15, 0.2) is 0 Å². The van der Waals surface area contributed by atoms with Gasteiger partial charge in [-0.15, -0.1) is 0 Å². The van der Waals surface area contributed by atoms with Crippen LogP contribution in [0.4, 0.5) is 0 Å². The average Bonchev–Trinajstić information content (AvgIpc) is 2.36. The lowest BCUT2D eigenvalue weighted by Crippen LogP contribution is -2.45. The van der Waals surface area contributed by atoms with E-state index in [0.717, 1.165) is 5.56 Å². The van der Waals surface area contributed by atoms with Crippen LogP contribution in [-0.4, -0.2) is 0 Å². The summed E-state index contributed by atoms with van der Waals surface area (Å²) < 4.78 is 0.558. The largest absolute Gasteiger partial charge is 0.710 e. The van der Waals surface area contributed by atoms with Crippen molar-refractivity contribution in [3.05, 3.63) is 53.3 Å². The molecule has 0 aromatic heterocycles. The topological polar surface area (TPSA) is 50.8 Å². The zero-order valence-corrected chi connectivity index (χ0v) is 6.90. The molecule has 3 nitrogen and oxygen atoms in total. The highest BCUT2D eigenvalue weighted by molar-refractivity contribution is 5.60. The summed E-state index contributed by atoms with van der Waals surface area (Å²) in [6, 6.07) is 10.9. The van der Waals surface area contributed by atoms with Gasteiger partial charge in [-0.25, -0.2) is 4.73 Å². The van der Waals surface area contributed by atoms with Crippen LogP contribution in [0, 0.1) is 10.6 Å². The zero-order chi connectivity index (χ0) is 9.26. The second kappa shape index (κ2) is 2.86. The minimum absolute atomic E-state index is 0.00583. The molecule has 0 saturated carbocycles. The lowest BCUT2D eigenvalue weighted by molar-refractivity contribution is -0.623. The number of nitrogens with zero attached hydrogens (tertiary/aromatic N) is 1. The van der Waals surface area contributed by atoms with Crippen LogP contribution in [0.5, 0.6) is 0 Å². The smallest absolute Gasteiger partial charge is 0.325 e. The first kappa shape index (κ1) is 7.73. The molecule has 0 aromatic rings. The first-order chi connectivity index (χ1) is 6.29. The van der Waals surface area contributed by atoms with Crippen molar-refractivity contribution in [2.75, 3.05) is 0 Å². The fraction of sp³-hybridized carbons (Fsp3) is 0. The van der Waals surface area contributed by atoms with Crippen molar-refractivity contribution in [3.63, 3.8) is 0 Å². The number of fused-ring (bicyclic) bond motifs is 1. The van der Waals surface area contributed by atoms with Crippen molar-refractivity contribution in [1.82, 2.24) is 0 Å². The van der Waals surface area contributed by atoms with E-state index in [2.05, 4.69) is 0 Å². The molecule has 2 rings (SSSR count). The first-order valence-electron chi connectivity index (χ1n) is 3.95. The molecule has 0 saturated heterocycles. The van der Waals surface area contributed by atoms with E-state index in [9.17, 15) is 5.21 Å². The summed E-state index contributed by atoms with van der Waals surface area (Å²) in [5.74, 6) is 0. The highest BCUT2D eigenvalue weighted by Crippen LogP contribution is 2.12. The molecule has 0 aromatic carbocycles. The first-order valence-corrected chi connectivity index (χ1v) is 3.95. The Hall–Kier alpha value is -1.90. The van der Waals surface area contributed by atoms with Gasteiger partial charge in [0, 0.05) is 0 Å². The van der Waals surface area contributed by atoms with Gasteiger partial charge in [-0.3, -0.25) is 0 Å². The molecular formula is C10H8N2O. The Kier molecular flexibility index (Phi) is 1.70. The van der Waals surface area contributed by atoms with E-state index < -0.39 is 0 Å². The number of nitrogens with one attached hydrogen (secondary N) is 1. The Labute approximate surface area is 75.3 Å². The summed E-state index contributed by atoms with van der Waals surface area (Å²) in [6.07, 6.45) is 1.35. The fourth-order valence-electron chi connectivity index (χ4n) is 1.26. The van der Waals surface area contributed by atoms with Gasteiger partial charge in [-0.1, -0.05) is 29.7 Å². The number of hydrogen-bond donors (Lipinski definition) is 1. The van der Waals surface area contributed by atoms with E-state index in [1.807, 2.05) is 24.3 Å². The molecule has 0 atom stereocenters. The fourth-order valence-corrected chi connectivity index (χ4v) is 1.26. The third kappa shape index (κ3) is 1.24. The minimum Gasteiger partial charge on any atom is -0.710 e. The molecule has 0 unspecified atom stereocenters. The summed E-state index contributed by atoms with van der Waals surface area (Å²) in [6.45, 7) is 0. The van der Waals surface area contributed by atoms with E-state index in [1.165, 1.54) is 6.20 Å². The number of rotatable bonds is 0. The van der Waals surface area contributed by atoms with Crippen molar-refractivity contribution in [2.24, 2.45) is 0 Å². The maximum atomic E-state index is 11.1. The molecule has 0 bridgehead atoms. The summed E-state index contributed by atoms with van der Waals surface area (Å²) in [4.78, 5) is 0. The highest BCUT2D eigenvalue weighted by Gasteiger charge is 2.05. The van der Waals surface area contributed by atoms with Gasteiger partial charge in [-0.05, 0) is 17.7 Å². The standard InChI is InChI=1S/C10H8N2O/c11-10-9-5-3-1-2-4-8(9)6-7-12(10)13/h1-7,11H. The van der Waals surface area contributed by atoms with Crippen molar-refractivity contribution in [2.45, 2.75) is 0 Å². The molecule has 64 valence electrons. The molecule has 0 radical (unpaired) electrons. The Balaban J connectivity index is 2.90. The molecule has 1 heterocycles. The number of aromatic nitrogens is 1. The summed E-state index contributed by atoms with van der Waals surface area (Å²) in [5, 5.41) is 18.6. The van der Waals surface area contributed by atoms with E-state index in [-0.39, 0.29) is 5.49 Å². The van der Waals surface area contributed by atoms with Crippen LogP contribution in [-0.2, 0) is 0 Å². The lowest BCUT2D eigenvalue weighted by atomic mass is 10.1. The predicted molar refractivity (Wildman–Crippen MR) is 47.9 cm³/mol. The molecule has 13 heavy (non-hydrogen) atoms. The molecule has 0 amide bonds. The summed E-state index contributed by atoms with van der Waals surface area (Å²) >= 11 is 0. The van der Waals surface area contributed by atoms with Crippen molar-refractivity contribution >= 4 is 0 Å². The van der Waals surface area contributed by atoms with Crippen LogP contribution in [0.15, 0.2) is 42.6 Å². The maximum absolute atomic E-state index is 11.1. The summed E-state index contributed by atoms with van der Waals surface area (Å²) in [7, 11) is 0. The third-order valence-electron chi connectivity index (χ3n) is 1.94. The van der Waals surface area contributed by atoms with Crippen LogP contribution >= 0.6 is 0 Å². The number of hydrogen-bond acceptors (Lipinski definition) is 2. The van der Waals surface area contributed by atoms with Crippen molar-refractivity contribution in [1.29, 1.82) is 5.41 Å². The van der Waals surface area contributed by atoms with Crippen molar-refractivity contribution in [3.8, 4) is 11.1 Å². The normalized spacial score (nSPS) is 10.2. The quantitative estimate of drug-likeness (QED) is 0.466. The molecule has 0 spiro atoms. The van der Waals surface area contributed by atoms with Gasteiger partial charge in [-0.2, -0.15) is 0 Å². The molecule has 3 heteroatoms. The van der Waals surface area contributed by atoms with Gasteiger partial charge < -0.3 is 5.21 Å². The van der Waals surface area contributed by atoms with Crippen LogP contribution < -0.4 is 10.2 Å². The second-order valence-electron chi connectivity index (χ2n) is 2.77. The summed E-state index contributed by atoms with van der Waals surface area (Å²) in [5.41, 5.74) is 1.57. The van der Waals surface area contributed by atoms with Gasteiger partial charge in [0.1, 0.15) is 0 Å². The van der Waals surface area contributed by atoms with Gasteiger partial charge in [0.25, 0.3) is 0 Å². The Morgan fingerprint density at radius 3 is 2.69 bits per heavy atom. The maximum Gasteiger partial charge on any atom is 0.325 e. The lowest BCUT2D eigenvalue weighted by Gasteiger charge is -2.03. The zero-order valence-electron chi connectivity index (χ0n) is 6.90. The second-order valence-corrected chi connectivity index (χ2v) is 2.77. The van der Waals surface area contributed by atoms with E-state index in [0.29, 0.717) is 10.3 Å². The van der Waals surface area contributed by atoms with Crippen LogP contribution in [0.3, 0.4) is 0 Å². The molecule has 1 aliphatic heterocycles. The molecule has 0 fully saturated rings. The van der Waals surface area contributed by atoms with E-state index in [1.54, 1.807) is 12.1 Å². The number of pyridine rings is 1. The van der Waals surface area contributed by atoms with E-state index in [4.69, 9.17) is 5.41 Å². The van der Waals surface area contributed by atoms with Crippen LogP contribution in [0.1, 0.15) is 0 Å². The molecular weight excluding hydrogens is 164 g/mol. The Morgan fingerprint density at radius 1 is 1.08 bits per heavy atom.